The molecule has 0 bridgehead atoms. The molecule has 0 amide bonds. The maximum absolute atomic E-state index is 5.76. The summed E-state index contributed by atoms with van der Waals surface area (Å²) in [5.74, 6) is 1.48. The maximum atomic E-state index is 5.76. The van der Waals surface area contributed by atoms with Gasteiger partial charge in [0.1, 0.15) is 0 Å². The highest BCUT2D eigenvalue weighted by Gasteiger charge is 2.34. The number of rotatable bonds is 2. The van der Waals surface area contributed by atoms with Gasteiger partial charge < -0.3 is 9.64 Å². The maximum Gasteiger partial charge on any atom is 0.0593 e. The largest absolute Gasteiger partial charge is 0.380 e. The Balaban J connectivity index is 0.000000771. The average molecular weight is 256 g/mol. The first-order valence-electron chi connectivity index (χ1n) is 7.67. The summed E-state index contributed by atoms with van der Waals surface area (Å²) in [6.07, 6.45) is 1.32. The van der Waals surface area contributed by atoms with Gasteiger partial charge in [0.05, 0.1) is 13.2 Å². The molecule has 2 fully saturated rings. The van der Waals surface area contributed by atoms with Crippen molar-refractivity contribution in [1.82, 2.24) is 9.80 Å². The van der Waals surface area contributed by atoms with E-state index in [-0.39, 0.29) is 0 Å². The van der Waals surface area contributed by atoms with Crippen molar-refractivity contribution in [3.05, 3.63) is 0 Å². The fourth-order valence-electron chi connectivity index (χ4n) is 3.12. The molecule has 3 nitrogen and oxygen atoms in total. The van der Waals surface area contributed by atoms with Gasteiger partial charge in [-0.1, -0.05) is 27.7 Å². The van der Waals surface area contributed by atoms with Gasteiger partial charge in [0, 0.05) is 31.6 Å². The molecule has 2 aliphatic rings. The van der Waals surface area contributed by atoms with E-state index >= 15 is 0 Å². The first-order chi connectivity index (χ1) is 8.66. The predicted molar refractivity (Wildman–Crippen MR) is 78.0 cm³/mol. The third kappa shape index (κ3) is 4.52. The number of hydrogen-bond acceptors (Lipinski definition) is 3. The van der Waals surface area contributed by atoms with Crippen molar-refractivity contribution < 1.29 is 4.74 Å². The van der Waals surface area contributed by atoms with Crippen molar-refractivity contribution >= 4 is 0 Å². The molecule has 0 aromatic carbocycles. The van der Waals surface area contributed by atoms with Crippen LogP contribution in [0.15, 0.2) is 0 Å². The second-order valence-corrected chi connectivity index (χ2v) is 5.84. The third-order valence-corrected chi connectivity index (χ3v) is 3.82. The highest BCUT2D eigenvalue weighted by molar-refractivity contribution is 4.88. The Morgan fingerprint density at radius 3 is 2.61 bits per heavy atom. The van der Waals surface area contributed by atoms with E-state index in [1.165, 1.54) is 26.1 Å². The molecule has 3 heteroatoms. The van der Waals surface area contributed by atoms with Crippen LogP contribution in [0.25, 0.3) is 0 Å². The van der Waals surface area contributed by atoms with Crippen LogP contribution in [0.3, 0.4) is 0 Å². The molecular formula is C15H32N2O. The lowest BCUT2D eigenvalue weighted by atomic mass is 9.91. The van der Waals surface area contributed by atoms with Crippen LogP contribution in [0.1, 0.15) is 34.1 Å². The summed E-state index contributed by atoms with van der Waals surface area (Å²) >= 11 is 0. The van der Waals surface area contributed by atoms with Crippen LogP contribution in [-0.2, 0) is 4.74 Å². The minimum atomic E-state index is 0.722. The molecule has 2 saturated heterocycles. The van der Waals surface area contributed by atoms with Gasteiger partial charge in [0.25, 0.3) is 0 Å². The van der Waals surface area contributed by atoms with Crippen LogP contribution in [0.4, 0.5) is 0 Å². The van der Waals surface area contributed by atoms with E-state index in [1.807, 2.05) is 13.8 Å². The van der Waals surface area contributed by atoms with Crippen molar-refractivity contribution in [2.75, 3.05) is 46.4 Å². The molecule has 2 aliphatic heterocycles. The zero-order valence-corrected chi connectivity index (χ0v) is 13.0. The van der Waals surface area contributed by atoms with Crippen LogP contribution in [-0.4, -0.2) is 62.3 Å². The lowest BCUT2D eigenvalue weighted by molar-refractivity contribution is 0.0567. The molecule has 108 valence electrons. The van der Waals surface area contributed by atoms with Gasteiger partial charge >= 0.3 is 0 Å². The number of hydrogen-bond donors (Lipinski definition) is 0. The Morgan fingerprint density at radius 1 is 1.22 bits per heavy atom. The Kier molecular flexibility index (Phi) is 7.20. The first kappa shape index (κ1) is 15.9. The molecule has 0 saturated carbocycles. The van der Waals surface area contributed by atoms with E-state index in [1.54, 1.807) is 0 Å². The molecule has 0 radical (unpaired) electrons. The van der Waals surface area contributed by atoms with Crippen LogP contribution in [0.2, 0.25) is 0 Å². The van der Waals surface area contributed by atoms with Crippen molar-refractivity contribution in [3.63, 3.8) is 0 Å². The fraction of sp³-hybridized carbons (Fsp3) is 1.00. The fourth-order valence-corrected chi connectivity index (χ4v) is 3.12. The highest BCUT2D eigenvalue weighted by atomic mass is 16.5. The van der Waals surface area contributed by atoms with E-state index in [4.69, 9.17) is 4.74 Å². The Morgan fingerprint density at radius 2 is 1.94 bits per heavy atom. The quantitative estimate of drug-likeness (QED) is 0.754. The number of nitrogens with zero attached hydrogens (tertiary/aromatic N) is 2. The SMILES string of the molecule is CC.CC(C)CN1CCOCC2CN(C)CCC21. The van der Waals surface area contributed by atoms with E-state index in [0.29, 0.717) is 0 Å². The van der Waals surface area contributed by atoms with Gasteiger partial charge in [-0.25, -0.2) is 0 Å². The molecule has 0 aliphatic carbocycles. The number of fused-ring (bicyclic) bond motifs is 1. The molecule has 18 heavy (non-hydrogen) atoms. The summed E-state index contributed by atoms with van der Waals surface area (Å²) in [5.41, 5.74) is 0. The van der Waals surface area contributed by atoms with Gasteiger partial charge in [-0.3, -0.25) is 4.90 Å². The van der Waals surface area contributed by atoms with Gasteiger partial charge in [0.15, 0.2) is 0 Å². The van der Waals surface area contributed by atoms with Gasteiger partial charge in [-0.15, -0.1) is 0 Å². The van der Waals surface area contributed by atoms with Crippen molar-refractivity contribution in [2.24, 2.45) is 11.8 Å². The van der Waals surface area contributed by atoms with E-state index in [0.717, 1.165) is 37.6 Å². The second-order valence-electron chi connectivity index (χ2n) is 5.84. The number of likely N-dealkylation sites (tertiary alicyclic amines) is 1. The number of ether oxygens (including phenoxy) is 1. The smallest absolute Gasteiger partial charge is 0.0593 e. The lowest BCUT2D eigenvalue weighted by Crippen LogP contribution is -2.51. The molecule has 0 aromatic heterocycles. The van der Waals surface area contributed by atoms with Crippen molar-refractivity contribution in [3.8, 4) is 0 Å². The molecular weight excluding hydrogens is 224 g/mol. The van der Waals surface area contributed by atoms with Crippen molar-refractivity contribution in [1.29, 1.82) is 0 Å². The summed E-state index contributed by atoms with van der Waals surface area (Å²) in [7, 11) is 2.23. The summed E-state index contributed by atoms with van der Waals surface area (Å²) < 4.78 is 5.76. The molecule has 2 rings (SSSR count). The van der Waals surface area contributed by atoms with E-state index in [2.05, 4.69) is 30.7 Å². The van der Waals surface area contributed by atoms with E-state index < -0.39 is 0 Å². The summed E-state index contributed by atoms with van der Waals surface area (Å²) in [4.78, 5) is 5.12. The van der Waals surface area contributed by atoms with Gasteiger partial charge in [-0.05, 0) is 25.9 Å². The molecule has 0 aromatic rings. The first-order valence-corrected chi connectivity index (χ1v) is 7.67. The van der Waals surface area contributed by atoms with Crippen LogP contribution in [0, 0.1) is 11.8 Å². The minimum Gasteiger partial charge on any atom is -0.380 e. The zero-order valence-electron chi connectivity index (χ0n) is 13.0. The summed E-state index contributed by atoms with van der Waals surface area (Å²) in [6.45, 7) is 15.3. The monoisotopic (exact) mass is 256 g/mol. The lowest BCUT2D eigenvalue weighted by Gasteiger charge is -2.41. The molecule has 2 atom stereocenters. The number of piperidine rings is 1. The Bertz CT molecular complexity index is 221. The Hall–Kier alpha value is -0.120. The van der Waals surface area contributed by atoms with Crippen LogP contribution in [0.5, 0.6) is 0 Å². The highest BCUT2D eigenvalue weighted by Crippen LogP contribution is 2.24. The normalized spacial score (nSPS) is 30.3. The summed E-state index contributed by atoms with van der Waals surface area (Å²) in [5, 5.41) is 0. The third-order valence-electron chi connectivity index (χ3n) is 3.82. The summed E-state index contributed by atoms with van der Waals surface area (Å²) in [6, 6.07) is 0.765. The Labute approximate surface area is 113 Å². The minimum absolute atomic E-state index is 0.722. The van der Waals surface area contributed by atoms with Gasteiger partial charge in [-0.2, -0.15) is 0 Å². The topological polar surface area (TPSA) is 15.7 Å². The van der Waals surface area contributed by atoms with Crippen LogP contribution < -0.4 is 0 Å². The molecule has 2 unspecified atom stereocenters. The average Bonchev–Trinajstić information content (AvgIpc) is 2.53. The second kappa shape index (κ2) is 8.13. The molecule has 0 N–H and O–H groups in total. The molecule has 2 heterocycles. The van der Waals surface area contributed by atoms with Crippen LogP contribution >= 0.6 is 0 Å². The standard InChI is InChI=1S/C13H26N2O.C2H6/c1-11(2)8-15-6-7-16-10-12-9-14(3)5-4-13(12)15;1-2/h11-13H,4-10H2,1-3H3;1-2H3. The predicted octanol–water partition coefficient (Wildman–Crippen LogP) is 2.32. The zero-order chi connectivity index (χ0) is 13.5. The van der Waals surface area contributed by atoms with Crippen molar-refractivity contribution in [2.45, 2.75) is 40.2 Å². The van der Waals surface area contributed by atoms with E-state index in [9.17, 15) is 0 Å². The van der Waals surface area contributed by atoms with Gasteiger partial charge in [0.2, 0.25) is 0 Å². The molecule has 0 spiro atoms.